The molecule has 0 saturated heterocycles. The number of anilines is 1. The predicted octanol–water partition coefficient (Wildman–Crippen LogP) is 2.30. The van der Waals surface area contributed by atoms with E-state index < -0.39 is 17.0 Å². The van der Waals surface area contributed by atoms with Gasteiger partial charge in [0.25, 0.3) is 5.69 Å². The van der Waals surface area contributed by atoms with E-state index in [0.717, 1.165) is 0 Å². The standard InChI is InChI=1S/C13H9N3O6/c17-12(18)8-5-6-14-11(7-8)15-13(19)22-10-3-1-9(2-4-10)16(20)21/h1-7H,(H,17,18)(H,14,15,19). The first kappa shape index (κ1) is 14.9. The smallest absolute Gasteiger partial charge is 0.418 e. The molecule has 1 heterocycles. The number of aromatic carboxylic acids is 1. The topological polar surface area (TPSA) is 132 Å². The summed E-state index contributed by atoms with van der Waals surface area (Å²) in [4.78, 5) is 36.1. The summed E-state index contributed by atoms with van der Waals surface area (Å²) in [6.07, 6.45) is 0.328. The fourth-order valence-electron chi connectivity index (χ4n) is 1.50. The van der Waals surface area contributed by atoms with Crippen LogP contribution in [0.5, 0.6) is 5.75 Å². The van der Waals surface area contributed by atoms with E-state index in [0.29, 0.717) is 0 Å². The van der Waals surface area contributed by atoms with Crippen LogP contribution in [0.2, 0.25) is 0 Å². The molecule has 2 rings (SSSR count). The van der Waals surface area contributed by atoms with E-state index in [1.54, 1.807) is 0 Å². The number of pyridine rings is 1. The fourth-order valence-corrected chi connectivity index (χ4v) is 1.50. The van der Waals surface area contributed by atoms with Crippen molar-refractivity contribution in [3.63, 3.8) is 0 Å². The van der Waals surface area contributed by atoms with Gasteiger partial charge in [0.2, 0.25) is 0 Å². The fraction of sp³-hybridized carbons (Fsp3) is 0. The third kappa shape index (κ3) is 3.76. The van der Waals surface area contributed by atoms with Crippen LogP contribution in [0.3, 0.4) is 0 Å². The zero-order valence-electron chi connectivity index (χ0n) is 10.9. The average molecular weight is 303 g/mol. The Morgan fingerprint density at radius 1 is 1.23 bits per heavy atom. The molecular weight excluding hydrogens is 294 g/mol. The molecule has 0 saturated carbocycles. The zero-order valence-corrected chi connectivity index (χ0v) is 10.9. The lowest BCUT2D eigenvalue weighted by Gasteiger charge is -2.06. The van der Waals surface area contributed by atoms with Crippen LogP contribution in [0, 0.1) is 10.1 Å². The lowest BCUT2D eigenvalue weighted by Crippen LogP contribution is -2.17. The van der Waals surface area contributed by atoms with Crippen molar-refractivity contribution in [1.29, 1.82) is 0 Å². The SMILES string of the molecule is O=C(Nc1cc(C(=O)O)ccn1)Oc1ccc([N+](=O)[O-])cc1. The lowest BCUT2D eigenvalue weighted by atomic mass is 10.2. The van der Waals surface area contributed by atoms with Gasteiger partial charge in [-0.25, -0.2) is 14.6 Å². The summed E-state index contributed by atoms with van der Waals surface area (Å²) < 4.78 is 4.89. The van der Waals surface area contributed by atoms with Crippen LogP contribution in [0.15, 0.2) is 42.6 Å². The number of carbonyl (C=O) groups is 2. The van der Waals surface area contributed by atoms with Gasteiger partial charge in [-0.1, -0.05) is 0 Å². The van der Waals surface area contributed by atoms with Crippen LogP contribution in [-0.4, -0.2) is 27.1 Å². The van der Waals surface area contributed by atoms with Gasteiger partial charge in [0.15, 0.2) is 0 Å². The molecule has 0 aliphatic rings. The molecule has 9 nitrogen and oxygen atoms in total. The summed E-state index contributed by atoms with van der Waals surface area (Å²) in [5, 5.41) is 21.6. The molecule has 0 radical (unpaired) electrons. The number of amides is 1. The van der Waals surface area contributed by atoms with Gasteiger partial charge in [0, 0.05) is 18.3 Å². The molecule has 0 spiro atoms. The highest BCUT2D eigenvalue weighted by molar-refractivity contribution is 5.90. The van der Waals surface area contributed by atoms with Gasteiger partial charge in [-0.15, -0.1) is 0 Å². The Labute approximate surface area is 123 Å². The monoisotopic (exact) mass is 303 g/mol. The molecule has 22 heavy (non-hydrogen) atoms. The van der Waals surface area contributed by atoms with Crippen LogP contribution < -0.4 is 10.1 Å². The third-order valence-corrected chi connectivity index (χ3v) is 2.50. The number of carboxylic acid groups (broad SMARTS) is 1. The van der Waals surface area contributed by atoms with E-state index in [1.165, 1.54) is 42.6 Å². The molecule has 1 aromatic heterocycles. The number of nitro benzene ring substituents is 1. The Balaban J connectivity index is 2.02. The second-order valence-corrected chi connectivity index (χ2v) is 4.00. The minimum Gasteiger partial charge on any atom is -0.478 e. The summed E-state index contributed by atoms with van der Waals surface area (Å²) in [5.41, 5.74) is -0.177. The highest BCUT2D eigenvalue weighted by Gasteiger charge is 2.10. The first-order chi connectivity index (χ1) is 10.5. The van der Waals surface area contributed by atoms with Crippen LogP contribution >= 0.6 is 0 Å². The van der Waals surface area contributed by atoms with Crippen LogP contribution in [-0.2, 0) is 0 Å². The maximum Gasteiger partial charge on any atom is 0.418 e. The third-order valence-electron chi connectivity index (χ3n) is 2.50. The van der Waals surface area contributed by atoms with Crippen molar-refractivity contribution in [3.05, 3.63) is 58.3 Å². The number of carboxylic acids is 1. The number of non-ortho nitro benzene ring substituents is 1. The van der Waals surface area contributed by atoms with Gasteiger partial charge in [-0.2, -0.15) is 0 Å². The van der Waals surface area contributed by atoms with E-state index in [2.05, 4.69) is 10.3 Å². The Morgan fingerprint density at radius 2 is 1.91 bits per heavy atom. The molecule has 1 aromatic carbocycles. The second kappa shape index (κ2) is 6.31. The molecule has 1 amide bonds. The molecule has 0 aliphatic carbocycles. The van der Waals surface area contributed by atoms with Crippen LogP contribution in [0.25, 0.3) is 0 Å². The molecule has 112 valence electrons. The molecule has 0 bridgehead atoms. The van der Waals surface area contributed by atoms with E-state index >= 15 is 0 Å². The van der Waals surface area contributed by atoms with E-state index in [4.69, 9.17) is 9.84 Å². The van der Waals surface area contributed by atoms with E-state index in [9.17, 15) is 19.7 Å². The van der Waals surface area contributed by atoms with Gasteiger partial charge < -0.3 is 9.84 Å². The number of hydrogen-bond donors (Lipinski definition) is 2. The molecule has 9 heteroatoms. The van der Waals surface area contributed by atoms with Crippen molar-refractivity contribution in [3.8, 4) is 5.75 Å². The summed E-state index contributed by atoms with van der Waals surface area (Å²) in [5.74, 6) is -1.06. The van der Waals surface area contributed by atoms with Crippen molar-refractivity contribution in [2.75, 3.05) is 5.32 Å². The summed E-state index contributed by atoms with van der Waals surface area (Å²) in [6.45, 7) is 0. The number of benzene rings is 1. The largest absolute Gasteiger partial charge is 0.478 e. The molecule has 2 aromatic rings. The number of hydrogen-bond acceptors (Lipinski definition) is 6. The number of rotatable bonds is 4. The molecule has 0 atom stereocenters. The van der Waals surface area contributed by atoms with Gasteiger partial charge in [0.1, 0.15) is 11.6 Å². The maximum atomic E-state index is 11.6. The lowest BCUT2D eigenvalue weighted by molar-refractivity contribution is -0.384. The second-order valence-electron chi connectivity index (χ2n) is 4.00. The van der Waals surface area contributed by atoms with Gasteiger partial charge in [-0.05, 0) is 24.3 Å². The first-order valence-corrected chi connectivity index (χ1v) is 5.88. The Morgan fingerprint density at radius 3 is 2.50 bits per heavy atom. The number of ether oxygens (including phenoxy) is 1. The minimum atomic E-state index is -1.16. The van der Waals surface area contributed by atoms with Gasteiger partial charge in [0.05, 0.1) is 10.5 Å². The quantitative estimate of drug-likeness (QED) is 0.654. The van der Waals surface area contributed by atoms with E-state index in [-0.39, 0.29) is 22.8 Å². The molecule has 0 unspecified atom stereocenters. The summed E-state index contributed by atoms with van der Waals surface area (Å²) >= 11 is 0. The number of nitrogens with one attached hydrogen (secondary N) is 1. The highest BCUT2D eigenvalue weighted by atomic mass is 16.6. The van der Waals surface area contributed by atoms with Crippen molar-refractivity contribution in [2.45, 2.75) is 0 Å². The summed E-state index contributed by atoms with van der Waals surface area (Å²) in [6, 6.07) is 7.34. The Bertz CT molecular complexity index is 729. The van der Waals surface area contributed by atoms with Crippen molar-refractivity contribution >= 4 is 23.6 Å². The van der Waals surface area contributed by atoms with Crippen molar-refractivity contribution < 1.29 is 24.4 Å². The van der Waals surface area contributed by atoms with Crippen molar-refractivity contribution in [1.82, 2.24) is 4.98 Å². The van der Waals surface area contributed by atoms with Gasteiger partial charge >= 0.3 is 12.1 Å². The number of nitrogens with zero attached hydrogens (tertiary/aromatic N) is 2. The van der Waals surface area contributed by atoms with Gasteiger partial charge in [-0.3, -0.25) is 15.4 Å². The highest BCUT2D eigenvalue weighted by Crippen LogP contribution is 2.18. The predicted molar refractivity (Wildman–Crippen MR) is 73.9 cm³/mol. The first-order valence-electron chi connectivity index (χ1n) is 5.88. The number of aromatic nitrogens is 1. The molecule has 0 fully saturated rings. The molecule has 2 N–H and O–H groups in total. The Hall–Kier alpha value is -3.49. The Kier molecular flexibility index (Phi) is 4.27. The van der Waals surface area contributed by atoms with E-state index in [1.807, 2.05) is 0 Å². The van der Waals surface area contributed by atoms with Crippen molar-refractivity contribution in [2.24, 2.45) is 0 Å². The van der Waals surface area contributed by atoms with Crippen LogP contribution in [0.4, 0.5) is 16.3 Å². The number of carbonyl (C=O) groups excluding carboxylic acids is 1. The maximum absolute atomic E-state index is 11.6. The van der Waals surface area contributed by atoms with Crippen LogP contribution in [0.1, 0.15) is 10.4 Å². The molecule has 0 aliphatic heterocycles. The normalized spacial score (nSPS) is 9.82. The summed E-state index contributed by atoms with van der Waals surface area (Å²) in [7, 11) is 0. The number of nitro groups is 1. The average Bonchev–Trinajstić information content (AvgIpc) is 2.47. The zero-order chi connectivity index (χ0) is 16.1. The molecular formula is C13H9N3O6. The minimum absolute atomic E-state index is 0.00631.